The summed E-state index contributed by atoms with van der Waals surface area (Å²) in [5, 5.41) is 6.21. The van der Waals surface area contributed by atoms with Crippen LogP contribution >= 0.6 is 11.3 Å². The third kappa shape index (κ3) is 10.3. The van der Waals surface area contributed by atoms with E-state index >= 15 is 0 Å². The molecule has 276 valence electrons. The average Bonchev–Trinajstić information content (AvgIpc) is 3.77. The molecule has 1 aliphatic heterocycles. The molecule has 14 heteroatoms. The number of hydrogen-bond donors (Lipinski definition) is 3. The maximum absolute atomic E-state index is 12.5. The number of rotatable bonds is 18. The van der Waals surface area contributed by atoms with Gasteiger partial charge in [-0.15, -0.1) is 11.3 Å². The molecule has 6 rings (SSSR count). The lowest BCUT2D eigenvalue weighted by molar-refractivity contribution is -0.131. The summed E-state index contributed by atoms with van der Waals surface area (Å²) >= 11 is 1.62. The van der Waals surface area contributed by atoms with E-state index in [0.29, 0.717) is 25.2 Å². The molecule has 1 aliphatic rings. The van der Waals surface area contributed by atoms with Crippen LogP contribution in [-0.4, -0.2) is 88.2 Å². The molecule has 0 aliphatic carbocycles. The second kappa shape index (κ2) is 17.8. The molecule has 1 fully saturated rings. The predicted molar refractivity (Wildman–Crippen MR) is 199 cm³/mol. The van der Waals surface area contributed by atoms with Crippen molar-refractivity contribution in [1.29, 1.82) is 0 Å². The number of anilines is 1. The van der Waals surface area contributed by atoms with Crippen molar-refractivity contribution < 1.29 is 22.7 Å². The van der Waals surface area contributed by atoms with Crippen molar-refractivity contribution in [3.8, 4) is 27.3 Å². The van der Waals surface area contributed by atoms with Crippen LogP contribution in [0.3, 0.4) is 0 Å². The van der Waals surface area contributed by atoms with Crippen LogP contribution in [0.4, 0.5) is 19.1 Å². The summed E-state index contributed by atoms with van der Waals surface area (Å²) in [4.78, 5) is 33.1. The van der Waals surface area contributed by atoms with Gasteiger partial charge in [0, 0.05) is 74.7 Å². The fourth-order valence-corrected chi connectivity index (χ4v) is 7.25. The van der Waals surface area contributed by atoms with Gasteiger partial charge in [0.2, 0.25) is 12.4 Å². The number of nitrogens with one attached hydrogen (secondary N) is 3. The number of nitrogens with zero attached hydrogens (tertiary/aromatic N) is 5. The van der Waals surface area contributed by atoms with Gasteiger partial charge in [0.15, 0.2) is 0 Å². The zero-order valence-corrected chi connectivity index (χ0v) is 30.2. The molecule has 2 aromatic carbocycles. The minimum Gasteiger partial charge on any atom is -0.493 e. The number of carbonyl (C=O) groups is 1. The third-order valence-electron chi connectivity index (χ3n) is 9.34. The van der Waals surface area contributed by atoms with Crippen molar-refractivity contribution >= 4 is 34.7 Å². The maximum Gasteiger partial charge on any atom is 0.390 e. The summed E-state index contributed by atoms with van der Waals surface area (Å²) in [5.41, 5.74) is 8.73. The summed E-state index contributed by atoms with van der Waals surface area (Å²) in [7, 11) is 0. The zero-order chi connectivity index (χ0) is 36.3. The quantitative estimate of drug-likeness (QED) is 0.0631. The van der Waals surface area contributed by atoms with Crippen LogP contribution in [0.2, 0.25) is 0 Å². The van der Waals surface area contributed by atoms with Crippen LogP contribution in [0.15, 0.2) is 60.4 Å². The van der Waals surface area contributed by atoms with E-state index in [1.165, 1.54) is 12.0 Å². The average molecular weight is 735 g/mol. The Labute approximate surface area is 305 Å². The minimum absolute atomic E-state index is 0.170. The molecule has 0 bridgehead atoms. The van der Waals surface area contributed by atoms with Crippen LogP contribution in [-0.2, 0) is 17.9 Å². The Hall–Kier alpha value is -4.53. The lowest BCUT2D eigenvalue weighted by Crippen LogP contribution is -2.46. The number of alkyl halides is 3. The molecular weight excluding hydrogens is 690 g/mol. The Morgan fingerprint density at radius 2 is 1.75 bits per heavy atom. The number of halogens is 3. The van der Waals surface area contributed by atoms with E-state index in [1.54, 1.807) is 17.5 Å². The van der Waals surface area contributed by atoms with Crippen molar-refractivity contribution in [1.82, 2.24) is 35.1 Å². The Morgan fingerprint density at radius 1 is 0.981 bits per heavy atom. The van der Waals surface area contributed by atoms with Gasteiger partial charge in [0.25, 0.3) is 0 Å². The van der Waals surface area contributed by atoms with E-state index in [2.05, 4.69) is 76.8 Å². The van der Waals surface area contributed by atoms with Crippen LogP contribution in [0.25, 0.3) is 32.6 Å². The monoisotopic (exact) mass is 734 g/mol. The number of H-pyrrole nitrogens is 1. The Bertz CT molecular complexity index is 1890. The highest BCUT2D eigenvalue weighted by atomic mass is 32.1. The third-order valence-corrected chi connectivity index (χ3v) is 10.3. The molecule has 0 atom stereocenters. The topological polar surface area (TPSA) is 111 Å². The molecule has 0 radical (unpaired) electrons. The standard InChI is InChI=1S/C38H45F3N8O2S/c1-27-35(52-26-46-27)30-10-11-31(21-42-25-50)34(20-30)51-19-5-3-2-4-14-48-15-17-49(18-16-48)24-28-6-8-29(9-7-28)32-22-44-36-33(32)23-45-37(47-36)43-13-12-38(39,40)41/h6-11,20,22-23,25-26H,2-5,12-19,21,24H2,1H3,(H,42,50)(H2,43,44,45,47). The van der Waals surface area contributed by atoms with Crippen LogP contribution in [0.5, 0.6) is 5.75 Å². The Morgan fingerprint density at radius 3 is 2.50 bits per heavy atom. The molecule has 3 aromatic heterocycles. The number of unbranched alkanes of at least 4 members (excludes halogenated alkanes) is 3. The molecule has 0 saturated carbocycles. The van der Waals surface area contributed by atoms with Crippen molar-refractivity contribution in [3.63, 3.8) is 0 Å². The maximum atomic E-state index is 12.5. The number of ether oxygens (including phenoxy) is 1. The van der Waals surface area contributed by atoms with Gasteiger partial charge in [-0.3, -0.25) is 9.69 Å². The SMILES string of the molecule is Cc1ncsc1-c1ccc(CNC=O)c(OCCCCCCN2CCN(Cc3ccc(-c4c[nH]c5nc(NCCC(F)(F)F)ncc45)cc3)CC2)c1. The number of aryl methyl sites for hydroxylation is 1. The molecule has 4 heterocycles. The van der Waals surface area contributed by atoms with Crippen molar-refractivity contribution in [3.05, 3.63) is 77.2 Å². The van der Waals surface area contributed by atoms with Crippen LogP contribution in [0, 0.1) is 6.92 Å². The molecule has 52 heavy (non-hydrogen) atoms. The van der Waals surface area contributed by atoms with E-state index in [4.69, 9.17) is 4.74 Å². The highest BCUT2D eigenvalue weighted by Gasteiger charge is 2.26. The molecule has 3 N–H and O–H groups in total. The lowest BCUT2D eigenvalue weighted by atomic mass is 10.0. The first kappa shape index (κ1) is 37.2. The molecule has 0 unspecified atom stereocenters. The first-order valence-electron chi connectivity index (χ1n) is 17.8. The molecular formula is C38H45F3N8O2S. The molecule has 10 nitrogen and oxygen atoms in total. The number of piperazine rings is 1. The summed E-state index contributed by atoms with van der Waals surface area (Å²) in [6.45, 7) is 9.04. The lowest BCUT2D eigenvalue weighted by Gasteiger charge is -2.34. The second-order valence-corrected chi connectivity index (χ2v) is 14.0. The Balaban J connectivity index is 0.880. The normalized spacial score (nSPS) is 14.2. The van der Waals surface area contributed by atoms with E-state index in [1.807, 2.05) is 24.7 Å². The number of carbonyl (C=O) groups excluding carboxylic acids is 1. The van der Waals surface area contributed by atoms with Gasteiger partial charge < -0.3 is 25.3 Å². The van der Waals surface area contributed by atoms with Gasteiger partial charge >= 0.3 is 6.18 Å². The summed E-state index contributed by atoms with van der Waals surface area (Å²) < 4.78 is 43.6. The van der Waals surface area contributed by atoms with Gasteiger partial charge in [0.1, 0.15) is 11.4 Å². The molecule has 5 aromatic rings. The number of hydrogen-bond acceptors (Lipinski definition) is 9. The van der Waals surface area contributed by atoms with Gasteiger partial charge in [-0.2, -0.15) is 18.2 Å². The first-order chi connectivity index (χ1) is 25.3. The fraction of sp³-hybridized carbons (Fsp3) is 0.421. The number of aromatic amines is 1. The highest BCUT2D eigenvalue weighted by Crippen LogP contribution is 2.32. The number of thiazole rings is 1. The van der Waals surface area contributed by atoms with E-state index in [0.717, 1.165) is 102 Å². The number of aromatic nitrogens is 4. The van der Waals surface area contributed by atoms with Gasteiger partial charge in [-0.25, -0.2) is 9.97 Å². The summed E-state index contributed by atoms with van der Waals surface area (Å²) in [5.74, 6) is 0.985. The van der Waals surface area contributed by atoms with Gasteiger partial charge in [-0.05, 0) is 49.1 Å². The van der Waals surface area contributed by atoms with Gasteiger partial charge in [-0.1, -0.05) is 49.2 Å². The van der Waals surface area contributed by atoms with Crippen molar-refractivity contribution in [2.75, 3.05) is 51.2 Å². The first-order valence-corrected chi connectivity index (χ1v) is 18.7. The number of benzene rings is 2. The van der Waals surface area contributed by atoms with E-state index in [-0.39, 0.29) is 12.5 Å². The Kier molecular flexibility index (Phi) is 12.7. The summed E-state index contributed by atoms with van der Waals surface area (Å²) in [6.07, 6.45) is 3.48. The zero-order valence-electron chi connectivity index (χ0n) is 29.3. The molecule has 0 spiro atoms. The largest absolute Gasteiger partial charge is 0.493 e. The van der Waals surface area contributed by atoms with Crippen molar-refractivity contribution in [2.24, 2.45) is 0 Å². The van der Waals surface area contributed by atoms with Gasteiger partial charge in [0.05, 0.1) is 29.1 Å². The second-order valence-electron chi connectivity index (χ2n) is 13.1. The highest BCUT2D eigenvalue weighted by molar-refractivity contribution is 7.13. The molecule has 1 amide bonds. The minimum atomic E-state index is -4.22. The van der Waals surface area contributed by atoms with Crippen molar-refractivity contribution in [2.45, 2.75) is 58.3 Å². The van der Waals surface area contributed by atoms with E-state index in [9.17, 15) is 18.0 Å². The predicted octanol–water partition coefficient (Wildman–Crippen LogP) is 7.42. The number of fused-ring (bicyclic) bond motifs is 1. The molecule has 1 saturated heterocycles. The van der Waals surface area contributed by atoms with Crippen LogP contribution < -0.4 is 15.4 Å². The number of amides is 1. The van der Waals surface area contributed by atoms with E-state index < -0.39 is 12.6 Å². The van der Waals surface area contributed by atoms with Crippen LogP contribution in [0.1, 0.15) is 48.9 Å². The fourth-order valence-electron chi connectivity index (χ4n) is 6.45. The summed E-state index contributed by atoms with van der Waals surface area (Å²) in [6, 6.07) is 14.6. The smallest absolute Gasteiger partial charge is 0.390 e.